The van der Waals surface area contributed by atoms with Crippen LogP contribution in [0, 0.1) is 23.7 Å². The maximum atomic E-state index is 12.3. The molecule has 1 saturated heterocycles. The van der Waals surface area contributed by atoms with Crippen molar-refractivity contribution in [2.24, 2.45) is 23.7 Å². The molecule has 2 aliphatic carbocycles. The molecule has 0 aromatic carbocycles. The largest absolute Gasteiger partial charge is 0.466 e. The van der Waals surface area contributed by atoms with Gasteiger partial charge in [-0.15, -0.1) is 0 Å². The van der Waals surface area contributed by atoms with Gasteiger partial charge in [-0.25, -0.2) is 0 Å². The first-order valence-corrected chi connectivity index (χ1v) is 6.82. The minimum Gasteiger partial charge on any atom is -0.466 e. The Bertz CT molecular complexity index is 440. The summed E-state index contributed by atoms with van der Waals surface area (Å²) in [5.41, 5.74) is 0. The molecule has 4 atom stereocenters. The van der Waals surface area contributed by atoms with Crippen LogP contribution >= 0.6 is 0 Å². The molecule has 5 nitrogen and oxygen atoms in total. The highest BCUT2D eigenvalue weighted by Gasteiger charge is 2.58. The van der Waals surface area contributed by atoms with Crippen molar-refractivity contribution in [3.8, 4) is 0 Å². The summed E-state index contributed by atoms with van der Waals surface area (Å²) in [6, 6.07) is 0. The fourth-order valence-corrected chi connectivity index (χ4v) is 3.62. The zero-order valence-corrected chi connectivity index (χ0v) is 10.9. The number of esters is 1. The van der Waals surface area contributed by atoms with Crippen LogP contribution in [0.25, 0.3) is 0 Å². The van der Waals surface area contributed by atoms with Crippen molar-refractivity contribution >= 4 is 17.8 Å². The Labute approximate surface area is 111 Å². The van der Waals surface area contributed by atoms with Gasteiger partial charge in [0.25, 0.3) is 0 Å². The summed E-state index contributed by atoms with van der Waals surface area (Å²) in [6.45, 7) is 2.21. The van der Waals surface area contributed by atoms with Gasteiger partial charge in [-0.2, -0.15) is 0 Å². The van der Waals surface area contributed by atoms with Gasteiger partial charge < -0.3 is 4.74 Å². The Kier molecular flexibility index (Phi) is 2.92. The van der Waals surface area contributed by atoms with E-state index >= 15 is 0 Å². The number of ether oxygens (including phenoxy) is 1. The number of hydrogen-bond acceptors (Lipinski definition) is 4. The van der Waals surface area contributed by atoms with E-state index in [1.165, 1.54) is 4.90 Å². The van der Waals surface area contributed by atoms with E-state index in [4.69, 9.17) is 4.74 Å². The highest BCUT2D eigenvalue weighted by atomic mass is 16.5. The fraction of sp³-hybridized carbons (Fsp3) is 0.643. The highest BCUT2D eigenvalue weighted by molar-refractivity contribution is 6.06. The van der Waals surface area contributed by atoms with E-state index in [1.54, 1.807) is 6.92 Å². The van der Waals surface area contributed by atoms with Crippen LogP contribution in [0.1, 0.15) is 19.8 Å². The summed E-state index contributed by atoms with van der Waals surface area (Å²) >= 11 is 0. The molecule has 1 aliphatic heterocycles. The molecule has 2 amide bonds. The van der Waals surface area contributed by atoms with Crippen molar-refractivity contribution in [1.82, 2.24) is 4.90 Å². The predicted octanol–water partition coefficient (Wildman–Crippen LogP) is 0.747. The number of carbonyl (C=O) groups excluding carboxylic acids is 3. The molecule has 2 bridgehead atoms. The molecule has 0 N–H and O–H groups in total. The lowest BCUT2D eigenvalue weighted by atomic mass is 9.85. The van der Waals surface area contributed by atoms with Gasteiger partial charge in [0.05, 0.1) is 24.9 Å². The summed E-state index contributed by atoms with van der Waals surface area (Å²) in [5.74, 6) is -0.471. The molecular formula is C14H17NO4. The molecule has 2 fully saturated rings. The topological polar surface area (TPSA) is 63.7 Å². The van der Waals surface area contributed by atoms with Crippen molar-refractivity contribution in [1.29, 1.82) is 0 Å². The smallest absolute Gasteiger partial charge is 0.307 e. The Hall–Kier alpha value is -1.65. The average Bonchev–Trinajstić information content (AvgIpc) is 3.03. The van der Waals surface area contributed by atoms with Crippen LogP contribution in [0.2, 0.25) is 0 Å². The number of likely N-dealkylation sites (tertiary alicyclic amines) is 1. The normalized spacial score (nSPS) is 35.1. The van der Waals surface area contributed by atoms with Gasteiger partial charge >= 0.3 is 5.97 Å². The summed E-state index contributed by atoms with van der Waals surface area (Å²) < 4.78 is 4.82. The Morgan fingerprint density at radius 1 is 1.26 bits per heavy atom. The molecule has 0 aromatic rings. The number of imide groups is 1. The maximum Gasteiger partial charge on any atom is 0.307 e. The minimum absolute atomic E-state index is 0.0908. The van der Waals surface area contributed by atoms with Crippen LogP contribution < -0.4 is 0 Å². The van der Waals surface area contributed by atoms with E-state index in [0.717, 1.165) is 6.42 Å². The summed E-state index contributed by atoms with van der Waals surface area (Å²) in [7, 11) is 0. The number of allylic oxidation sites excluding steroid dienone is 2. The fourth-order valence-electron chi connectivity index (χ4n) is 3.62. The number of carbonyl (C=O) groups is 3. The van der Waals surface area contributed by atoms with Gasteiger partial charge in [0.1, 0.15) is 0 Å². The van der Waals surface area contributed by atoms with Gasteiger partial charge in [-0.05, 0) is 25.2 Å². The minimum atomic E-state index is -0.360. The maximum absolute atomic E-state index is 12.3. The van der Waals surface area contributed by atoms with Crippen LogP contribution in [-0.2, 0) is 19.1 Å². The molecule has 1 saturated carbocycles. The standard InChI is InChI=1S/C14H17NO4/c1-2-19-10(16)5-6-15-13(17)11-8-3-4-9(7-8)12(11)14(15)18/h3-4,8-9,11-12H,2,5-7H2,1H3/t8-,9+,11-,12+. The molecule has 102 valence electrons. The van der Waals surface area contributed by atoms with E-state index in [-0.39, 0.29) is 54.4 Å². The van der Waals surface area contributed by atoms with Crippen molar-refractivity contribution < 1.29 is 19.1 Å². The predicted molar refractivity (Wildman–Crippen MR) is 65.7 cm³/mol. The summed E-state index contributed by atoms with van der Waals surface area (Å²) in [5, 5.41) is 0. The van der Waals surface area contributed by atoms with Crippen molar-refractivity contribution in [2.45, 2.75) is 19.8 Å². The first kappa shape index (κ1) is 12.4. The van der Waals surface area contributed by atoms with Crippen LogP contribution in [0.4, 0.5) is 0 Å². The molecule has 0 unspecified atom stereocenters. The third-order valence-corrected chi connectivity index (χ3v) is 4.41. The molecule has 1 heterocycles. The van der Waals surface area contributed by atoms with Crippen LogP contribution in [-0.4, -0.2) is 35.8 Å². The zero-order chi connectivity index (χ0) is 13.6. The average molecular weight is 263 g/mol. The van der Waals surface area contributed by atoms with Gasteiger partial charge in [-0.3, -0.25) is 19.3 Å². The van der Waals surface area contributed by atoms with Crippen LogP contribution in [0.15, 0.2) is 12.2 Å². The van der Waals surface area contributed by atoms with Gasteiger partial charge in [-0.1, -0.05) is 12.2 Å². The second-order valence-corrected chi connectivity index (χ2v) is 5.38. The Morgan fingerprint density at radius 2 is 1.84 bits per heavy atom. The Morgan fingerprint density at radius 3 is 2.37 bits per heavy atom. The van der Waals surface area contributed by atoms with Gasteiger partial charge in [0.15, 0.2) is 0 Å². The van der Waals surface area contributed by atoms with Crippen molar-refractivity contribution in [3.05, 3.63) is 12.2 Å². The quantitative estimate of drug-likeness (QED) is 0.426. The van der Waals surface area contributed by atoms with Crippen LogP contribution in [0.5, 0.6) is 0 Å². The molecule has 3 aliphatic rings. The number of hydrogen-bond donors (Lipinski definition) is 0. The van der Waals surface area contributed by atoms with Crippen molar-refractivity contribution in [3.63, 3.8) is 0 Å². The van der Waals surface area contributed by atoms with Gasteiger partial charge in [0.2, 0.25) is 11.8 Å². The van der Waals surface area contributed by atoms with Crippen LogP contribution in [0.3, 0.4) is 0 Å². The number of fused-ring (bicyclic) bond motifs is 5. The third-order valence-electron chi connectivity index (χ3n) is 4.41. The molecular weight excluding hydrogens is 246 g/mol. The monoisotopic (exact) mass is 263 g/mol. The molecule has 5 heteroatoms. The van der Waals surface area contributed by atoms with E-state index < -0.39 is 0 Å². The highest BCUT2D eigenvalue weighted by Crippen LogP contribution is 2.52. The van der Waals surface area contributed by atoms with E-state index in [9.17, 15) is 14.4 Å². The number of amides is 2. The van der Waals surface area contributed by atoms with Gasteiger partial charge in [0, 0.05) is 6.54 Å². The molecule has 19 heavy (non-hydrogen) atoms. The number of rotatable bonds is 4. The summed E-state index contributed by atoms with van der Waals surface area (Å²) in [6.07, 6.45) is 5.14. The zero-order valence-electron chi connectivity index (χ0n) is 10.9. The summed E-state index contributed by atoms with van der Waals surface area (Å²) in [4.78, 5) is 37.1. The second kappa shape index (κ2) is 4.47. The molecule has 0 aromatic heterocycles. The third kappa shape index (κ3) is 1.79. The second-order valence-electron chi connectivity index (χ2n) is 5.38. The Balaban J connectivity index is 1.67. The first-order valence-electron chi connectivity index (χ1n) is 6.82. The van der Waals surface area contributed by atoms with E-state index in [0.29, 0.717) is 6.61 Å². The lowest BCUT2D eigenvalue weighted by Gasteiger charge is -2.16. The van der Waals surface area contributed by atoms with E-state index in [1.807, 2.05) is 0 Å². The van der Waals surface area contributed by atoms with E-state index in [2.05, 4.69) is 12.2 Å². The molecule has 0 spiro atoms. The molecule has 0 radical (unpaired) electrons. The first-order chi connectivity index (χ1) is 9.13. The molecule has 3 rings (SSSR count). The SMILES string of the molecule is CCOC(=O)CCN1C(=O)[C@@H]2[C@H](C1=O)[C@@H]1C=C[C@H]2C1. The number of nitrogens with zero attached hydrogens (tertiary/aromatic N) is 1. The lowest BCUT2D eigenvalue weighted by Crippen LogP contribution is -2.35. The lowest BCUT2D eigenvalue weighted by molar-refractivity contribution is -0.145. The van der Waals surface area contributed by atoms with Crippen molar-refractivity contribution in [2.75, 3.05) is 13.2 Å².